The molecule has 1 unspecified atom stereocenters. The molecule has 0 bridgehead atoms. The fourth-order valence-corrected chi connectivity index (χ4v) is 1.13. The van der Waals surface area contributed by atoms with Gasteiger partial charge in [0.1, 0.15) is 0 Å². The molecule has 82 valence electrons. The molecule has 1 atom stereocenters. The minimum absolute atomic E-state index is 0.0912. The summed E-state index contributed by atoms with van der Waals surface area (Å²) < 4.78 is 0. The quantitative estimate of drug-likeness (QED) is 0.764. The van der Waals surface area contributed by atoms with E-state index in [0.29, 0.717) is 24.6 Å². The smallest absolute Gasteiger partial charge is 0.252 e. The first-order valence-electron chi connectivity index (χ1n) is 5.03. The van der Waals surface area contributed by atoms with E-state index in [2.05, 4.69) is 10.3 Å². The minimum atomic E-state index is -0.0912. The molecule has 0 saturated carbocycles. The van der Waals surface area contributed by atoms with Crippen LogP contribution in [0.25, 0.3) is 0 Å². The Balaban J connectivity index is 2.54. The van der Waals surface area contributed by atoms with Crippen LogP contribution >= 0.6 is 0 Å². The highest BCUT2D eigenvalue weighted by molar-refractivity contribution is 5.93. The lowest BCUT2D eigenvalue weighted by atomic mass is 10.1. The number of aromatic nitrogens is 1. The van der Waals surface area contributed by atoms with Crippen molar-refractivity contribution in [1.29, 1.82) is 0 Å². The molecule has 1 aromatic rings. The van der Waals surface area contributed by atoms with Gasteiger partial charge in [0.05, 0.1) is 5.56 Å². The second-order valence-corrected chi connectivity index (χ2v) is 3.80. The fraction of sp³-hybridized carbons (Fsp3) is 0.455. The van der Waals surface area contributed by atoms with Crippen molar-refractivity contribution in [3.63, 3.8) is 0 Å². The van der Waals surface area contributed by atoms with E-state index in [1.54, 1.807) is 12.4 Å². The Morgan fingerprint density at radius 3 is 2.93 bits per heavy atom. The monoisotopic (exact) mass is 207 g/mol. The van der Waals surface area contributed by atoms with Crippen LogP contribution in [0.2, 0.25) is 0 Å². The average Bonchev–Trinajstić information content (AvgIpc) is 2.25. The van der Waals surface area contributed by atoms with Gasteiger partial charge in [-0.15, -0.1) is 0 Å². The predicted molar refractivity (Wildman–Crippen MR) is 59.5 cm³/mol. The van der Waals surface area contributed by atoms with Gasteiger partial charge in [0, 0.05) is 18.9 Å². The van der Waals surface area contributed by atoms with E-state index >= 15 is 0 Å². The van der Waals surface area contributed by atoms with Gasteiger partial charge in [-0.3, -0.25) is 9.78 Å². The third-order valence-corrected chi connectivity index (χ3v) is 2.15. The summed E-state index contributed by atoms with van der Waals surface area (Å²) in [4.78, 5) is 15.6. The average molecular weight is 207 g/mol. The van der Waals surface area contributed by atoms with Crippen LogP contribution in [0.3, 0.4) is 0 Å². The summed E-state index contributed by atoms with van der Waals surface area (Å²) in [5, 5.41) is 2.82. The highest BCUT2D eigenvalue weighted by Crippen LogP contribution is 2.01. The van der Waals surface area contributed by atoms with Crippen molar-refractivity contribution >= 4 is 5.91 Å². The molecular weight excluding hydrogens is 190 g/mol. The van der Waals surface area contributed by atoms with Crippen LogP contribution in [-0.4, -0.2) is 24.0 Å². The summed E-state index contributed by atoms with van der Waals surface area (Å²) in [6.45, 7) is 5.08. The Kier molecular flexibility index (Phi) is 4.24. The molecule has 1 rings (SSSR count). The van der Waals surface area contributed by atoms with Crippen LogP contribution in [0.15, 0.2) is 18.5 Å². The largest absolute Gasteiger partial charge is 0.352 e. The molecule has 1 aromatic heterocycles. The number of carbonyl (C=O) groups excluding carboxylic acids is 1. The van der Waals surface area contributed by atoms with Gasteiger partial charge in [0.2, 0.25) is 0 Å². The lowest BCUT2D eigenvalue weighted by molar-refractivity contribution is 0.0948. The maximum atomic E-state index is 11.6. The van der Waals surface area contributed by atoms with Crippen LogP contribution in [0, 0.1) is 12.8 Å². The first kappa shape index (κ1) is 11.7. The Hall–Kier alpha value is -1.42. The normalized spacial score (nSPS) is 12.2. The van der Waals surface area contributed by atoms with E-state index in [1.165, 1.54) is 0 Å². The van der Waals surface area contributed by atoms with Gasteiger partial charge in [-0.2, -0.15) is 0 Å². The van der Waals surface area contributed by atoms with Crippen molar-refractivity contribution < 1.29 is 4.79 Å². The van der Waals surface area contributed by atoms with Crippen molar-refractivity contribution in [1.82, 2.24) is 10.3 Å². The van der Waals surface area contributed by atoms with Crippen molar-refractivity contribution in [3.05, 3.63) is 29.6 Å². The number of nitrogens with zero attached hydrogens (tertiary/aromatic N) is 1. The number of nitrogens with two attached hydrogens (primary N) is 1. The topological polar surface area (TPSA) is 68.0 Å². The third kappa shape index (κ3) is 3.67. The molecule has 3 N–H and O–H groups in total. The number of aryl methyl sites for hydroxylation is 1. The van der Waals surface area contributed by atoms with E-state index < -0.39 is 0 Å². The number of amides is 1. The van der Waals surface area contributed by atoms with Gasteiger partial charge in [0.15, 0.2) is 0 Å². The zero-order valence-electron chi connectivity index (χ0n) is 9.16. The van der Waals surface area contributed by atoms with Crippen LogP contribution in [-0.2, 0) is 0 Å². The molecule has 0 spiro atoms. The molecule has 15 heavy (non-hydrogen) atoms. The van der Waals surface area contributed by atoms with Crippen LogP contribution < -0.4 is 11.1 Å². The summed E-state index contributed by atoms with van der Waals surface area (Å²) in [5.74, 6) is 0.207. The van der Waals surface area contributed by atoms with Crippen molar-refractivity contribution in [2.24, 2.45) is 11.7 Å². The fourth-order valence-electron chi connectivity index (χ4n) is 1.13. The maximum Gasteiger partial charge on any atom is 0.252 e. The zero-order valence-corrected chi connectivity index (χ0v) is 9.16. The standard InChI is InChI=1S/C11H17N3O/c1-8-3-10(7-13-5-8)11(15)14-6-9(2)4-12/h3,5,7,9H,4,6,12H2,1-2H3,(H,14,15). The number of rotatable bonds is 4. The molecule has 4 heteroatoms. The Labute approximate surface area is 89.9 Å². The second kappa shape index (κ2) is 5.46. The first-order chi connectivity index (χ1) is 7.13. The molecule has 0 aliphatic rings. The number of carbonyl (C=O) groups is 1. The Morgan fingerprint density at radius 1 is 1.60 bits per heavy atom. The number of pyridine rings is 1. The molecule has 0 aliphatic heterocycles. The SMILES string of the molecule is Cc1cncc(C(=O)NCC(C)CN)c1. The molecule has 4 nitrogen and oxygen atoms in total. The van der Waals surface area contributed by atoms with E-state index in [-0.39, 0.29) is 5.91 Å². The summed E-state index contributed by atoms with van der Waals surface area (Å²) in [6.07, 6.45) is 3.29. The highest BCUT2D eigenvalue weighted by Gasteiger charge is 2.07. The van der Waals surface area contributed by atoms with Gasteiger partial charge in [-0.1, -0.05) is 6.92 Å². The minimum Gasteiger partial charge on any atom is -0.352 e. The van der Waals surface area contributed by atoms with Gasteiger partial charge in [-0.05, 0) is 31.0 Å². The lowest BCUT2D eigenvalue weighted by Gasteiger charge is -2.09. The molecule has 1 amide bonds. The summed E-state index contributed by atoms with van der Waals surface area (Å²) in [5.41, 5.74) is 7.03. The predicted octanol–water partition coefficient (Wildman–Crippen LogP) is 0.715. The molecule has 0 fully saturated rings. The van der Waals surface area contributed by atoms with Crippen LogP contribution in [0.5, 0.6) is 0 Å². The van der Waals surface area contributed by atoms with Crippen molar-refractivity contribution in [2.45, 2.75) is 13.8 Å². The van der Waals surface area contributed by atoms with Gasteiger partial charge >= 0.3 is 0 Å². The van der Waals surface area contributed by atoms with Crippen molar-refractivity contribution in [3.8, 4) is 0 Å². The second-order valence-electron chi connectivity index (χ2n) is 3.80. The molecular formula is C11H17N3O. The molecule has 1 heterocycles. The molecule has 0 aliphatic carbocycles. The van der Waals surface area contributed by atoms with E-state index in [1.807, 2.05) is 19.9 Å². The van der Waals surface area contributed by atoms with Gasteiger partial charge < -0.3 is 11.1 Å². The van der Waals surface area contributed by atoms with Crippen LogP contribution in [0.1, 0.15) is 22.8 Å². The Morgan fingerprint density at radius 2 is 2.33 bits per heavy atom. The van der Waals surface area contributed by atoms with Crippen molar-refractivity contribution in [2.75, 3.05) is 13.1 Å². The number of nitrogens with one attached hydrogen (secondary N) is 1. The Bertz CT molecular complexity index is 338. The van der Waals surface area contributed by atoms with E-state index in [0.717, 1.165) is 5.56 Å². The first-order valence-corrected chi connectivity index (χ1v) is 5.03. The molecule has 0 saturated heterocycles. The van der Waals surface area contributed by atoms with Gasteiger partial charge in [0.25, 0.3) is 5.91 Å². The summed E-state index contributed by atoms with van der Waals surface area (Å²) in [6, 6.07) is 1.81. The highest BCUT2D eigenvalue weighted by atomic mass is 16.1. The molecule has 0 radical (unpaired) electrons. The van der Waals surface area contributed by atoms with E-state index in [9.17, 15) is 4.79 Å². The number of hydrogen-bond acceptors (Lipinski definition) is 3. The van der Waals surface area contributed by atoms with Gasteiger partial charge in [-0.25, -0.2) is 0 Å². The molecule has 0 aromatic carbocycles. The zero-order chi connectivity index (χ0) is 11.3. The summed E-state index contributed by atoms with van der Waals surface area (Å²) in [7, 11) is 0. The van der Waals surface area contributed by atoms with Crippen LogP contribution in [0.4, 0.5) is 0 Å². The lowest BCUT2D eigenvalue weighted by Crippen LogP contribution is -2.31. The number of hydrogen-bond donors (Lipinski definition) is 2. The summed E-state index contributed by atoms with van der Waals surface area (Å²) >= 11 is 0. The van der Waals surface area contributed by atoms with E-state index in [4.69, 9.17) is 5.73 Å². The maximum absolute atomic E-state index is 11.6. The third-order valence-electron chi connectivity index (χ3n) is 2.15.